The normalized spacial score (nSPS) is 10.8. The molecule has 0 unspecified atom stereocenters. The Morgan fingerprint density at radius 1 is 0.722 bits per heavy atom. The largest absolute Gasteiger partial charge is 0.493 e. The number of fused-ring (bicyclic) bond motifs is 1. The van der Waals surface area contributed by atoms with Crippen LogP contribution in [0.15, 0.2) is 121 Å². The van der Waals surface area contributed by atoms with E-state index in [1.807, 2.05) is 97.1 Å². The van der Waals surface area contributed by atoms with E-state index in [4.69, 9.17) is 9.47 Å². The number of methoxy groups -OCH3 is 1. The van der Waals surface area contributed by atoms with Gasteiger partial charge in [-0.05, 0) is 39.6 Å². The van der Waals surface area contributed by atoms with Crippen LogP contribution in [-0.2, 0) is 11.4 Å². The minimum Gasteiger partial charge on any atom is -0.493 e. The summed E-state index contributed by atoms with van der Waals surface area (Å²) in [6, 6.07) is 39.5. The fourth-order valence-electron chi connectivity index (χ4n) is 4.44. The van der Waals surface area contributed by atoms with Gasteiger partial charge < -0.3 is 14.8 Å². The number of hydrogen-bond donors (Lipinski definition) is 1. The fraction of sp³-hybridized carbons (Fsp3) is 0.0938. The van der Waals surface area contributed by atoms with Gasteiger partial charge in [-0.15, -0.1) is 0 Å². The van der Waals surface area contributed by atoms with Gasteiger partial charge in [0.05, 0.1) is 13.0 Å². The predicted molar refractivity (Wildman–Crippen MR) is 145 cm³/mol. The van der Waals surface area contributed by atoms with Crippen LogP contribution in [0.4, 0.5) is 5.69 Å². The van der Waals surface area contributed by atoms with Gasteiger partial charge in [-0.1, -0.05) is 103 Å². The van der Waals surface area contributed by atoms with E-state index in [1.54, 1.807) is 7.11 Å². The third-order valence-electron chi connectivity index (χ3n) is 6.22. The molecule has 0 bridgehead atoms. The SMILES string of the molecule is COc1ccc(NC(=O)C(c2ccccc2)c2ccccc2)cc1OCc1cccc2ccccc12. The Morgan fingerprint density at radius 2 is 1.36 bits per heavy atom. The van der Waals surface area contributed by atoms with Crippen LogP contribution in [0.5, 0.6) is 11.5 Å². The number of hydrogen-bond acceptors (Lipinski definition) is 3. The topological polar surface area (TPSA) is 47.6 Å². The molecule has 4 nitrogen and oxygen atoms in total. The first kappa shape index (κ1) is 23.2. The highest BCUT2D eigenvalue weighted by atomic mass is 16.5. The molecule has 5 rings (SSSR count). The molecule has 0 saturated carbocycles. The highest BCUT2D eigenvalue weighted by Gasteiger charge is 2.23. The summed E-state index contributed by atoms with van der Waals surface area (Å²) in [6.07, 6.45) is 0. The van der Waals surface area contributed by atoms with Gasteiger partial charge in [-0.2, -0.15) is 0 Å². The predicted octanol–water partition coefficient (Wildman–Crippen LogP) is 7.20. The minimum atomic E-state index is -0.436. The number of anilines is 1. The van der Waals surface area contributed by atoms with Gasteiger partial charge in [0.1, 0.15) is 6.61 Å². The molecular weight excluding hydrogens is 446 g/mol. The molecule has 1 N–H and O–H groups in total. The second-order valence-corrected chi connectivity index (χ2v) is 8.54. The summed E-state index contributed by atoms with van der Waals surface area (Å²) in [6.45, 7) is 0.381. The summed E-state index contributed by atoms with van der Waals surface area (Å²) in [7, 11) is 1.61. The first-order chi connectivity index (χ1) is 17.7. The average molecular weight is 474 g/mol. The molecular formula is C32H27NO3. The van der Waals surface area contributed by atoms with Gasteiger partial charge in [0.2, 0.25) is 5.91 Å². The van der Waals surface area contributed by atoms with Crippen molar-refractivity contribution in [3.63, 3.8) is 0 Å². The van der Waals surface area contributed by atoms with E-state index >= 15 is 0 Å². The Balaban J connectivity index is 1.39. The second kappa shape index (κ2) is 10.8. The van der Waals surface area contributed by atoms with Crippen molar-refractivity contribution >= 4 is 22.4 Å². The molecule has 5 aromatic carbocycles. The molecule has 0 atom stereocenters. The van der Waals surface area contributed by atoms with Gasteiger partial charge in [-0.3, -0.25) is 4.79 Å². The Hall–Kier alpha value is -4.57. The van der Waals surface area contributed by atoms with E-state index in [9.17, 15) is 4.79 Å². The molecule has 4 heteroatoms. The Labute approximate surface area is 211 Å². The lowest BCUT2D eigenvalue weighted by molar-refractivity contribution is -0.116. The number of nitrogens with one attached hydrogen (secondary N) is 1. The van der Waals surface area contributed by atoms with E-state index < -0.39 is 5.92 Å². The van der Waals surface area contributed by atoms with E-state index in [-0.39, 0.29) is 5.91 Å². The summed E-state index contributed by atoms with van der Waals surface area (Å²) in [5, 5.41) is 5.40. The molecule has 5 aromatic rings. The molecule has 0 fully saturated rings. The van der Waals surface area contributed by atoms with Gasteiger partial charge in [0, 0.05) is 11.8 Å². The lowest BCUT2D eigenvalue weighted by Gasteiger charge is -2.19. The lowest BCUT2D eigenvalue weighted by atomic mass is 9.90. The van der Waals surface area contributed by atoms with Crippen molar-refractivity contribution < 1.29 is 14.3 Å². The first-order valence-electron chi connectivity index (χ1n) is 11.9. The Kier molecular flexibility index (Phi) is 6.95. The van der Waals surface area contributed by atoms with Crippen LogP contribution in [-0.4, -0.2) is 13.0 Å². The van der Waals surface area contributed by atoms with Crippen LogP contribution < -0.4 is 14.8 Å². The van der Waals surface area contributed by atoms with Crippen molar-refractivity contribution in [1.29, 1.82) is 0 Å². The van der Waals surface area contributed by atoms with Crippen LogP contribution in [0.2, 0.25) is 0 Å². The van der Waals surface area contributed by atoms with E-state index in [2.05, 4.69) is 29.6 Å². The quantitative estimate of drug-likeness (QED) is 0.259. The number of benzene rings is 5. The summed E-state index contributed by atoms with van der Waals surface area (Å²) in [5.41, 5.74) is 3.59. The zero-order valence-corrected chi connectivity index (χ0v) is 20.1. The number of rotatable bonds is 8. The maximum atomic E-state index is 13.5. The van der Waals surface area contributed by atoms with Crippen molar-refractivity contribution in [3.05, 3.63) is 138 Å². The summed E-state index contributed by atoms with van der Waals surface area (Å²) in [5.74, 6) is 0.627. The average Bonchev–Trinajstić information content (AvgIpc) is 2.93. The standard InChI is InChI=1S/C32H27NO3/c1-35-29-20-19-27(21-30(29)36-22-26-17-10-16-23-11-8-9-18-28(23)26)33-32(34)31(24-12-4-2-5-13-24)25-14-6-3-7-15-25/h2-21,31H,22H2,1H3,(H,33,34). The molecule has 0 aliphatic rings. The first-order valence-corrected chi connectivity index (χ1v) is 11.9. The monoisotopic (exact) mass is 473 g/mol. The summed E-state index contributed by atoms with van der Waals surface area (Å²) in [4.78, 5) is 13.5. The van der Waals surface area contributed by atoms with Gasteiger partial charge in [-0.25, -0.2) is 0 Å². The minimum absolute atomic E-state index is 0.113. The maximum Gasteiger partial charge on any atom is 0.236 e. The van der Waals surface area contributed by atoms with Crippen LogP contribution >= 0.6 is 0 Å². The second-order valence-electron chi connectivity index (χ2n) is 8.54. The maximum absolute atomic E-state index is 13.5. The number of amides is 1. The summed E-state index contributed by atoms with van der Waals surface area (Å²) < 4.78 is 11.7. The molecule has 0 aliphatic carbocycles. The Bertz CT molecular complexity index is 1420. The summed E-state index contributed by atoms with van der Waals surface area (Å²) >= 11 is 0. The zero-order valence-electron chi connectivity index (χ0n) is 20.1. The molecule has 0 radical (unpaired) electrons. The number of carbonyl (C=O) groups is 1. The van der Waals surface area contributed by atoms with Crippen molar-refractivity contribution in [2.75, 3.05) is 12.4 Å². The van der Waals surface area contributed by atoms with E-state index in [0.717, 1.165) is 22.1 Å². The molecule has 0 saturated heterocycles. The smallest absolute Gasteiger partial charge is 0.236 e. The third kappa shape index (κ3) is 5.08. The van der Waals surface area contributed by atoms with Crippen LogP contribution in [0, 0.1) is 0 Å². The van der Waals surface area contributed by atoms with Crippen molar-refractivity contribution in [2.45, 2.75) is 12.5 Å². The van der Waals surface area contributed by atoms with Gasteiger partial charge >= 0.3 is 0 Å². The van der Waals surface area contributed by atoms with Gasteiger partial charge in [0.15, 0.2) is 11.5 Å². The molecule has 0 heterocycles. The van der Waals surface area contributed by atoms with Gasteiger partial charge in [0.25, 0.3) is 0 Å². The third-order valence-corrected chi connectivity index (χ3v) is 6.22. The lowest BCUT2D eigenvalue weighted by Crippen LogP contribution is -2.22. The van der Waals surface area contributed by atoms with E-state index in [0.29, 0.717) is 23.8 Å². The van der Waals surface area contributed by atoms with Crippen LogP contribution in [0.25, 0.3) is 10.8 Å². The van der Waals surface area contributed by atoms with Crippen molar-refractivity contribution in [1.82, 2.24) is 0 Å². The van der Waals surface area contributed by atoms with Crippen LogP contribution in [0.1, 0.15) is 22.6 Å². The van der Waals surface area contributed by atoms with Crippen LogP contribution in [0.3, 0.4) is 0 Å². The van der Waals surface area contributed by atoms with Crippen molar-refractivity contribution in [3.8, 4) is 11.5 Å². The van der Waals surface area contributed by atoms with Crippen molar-refractivity contribution in [2.24, 2.45) is 0 Å². The highest BCUT2D eigenvalue weighted by molar-refractivity contribution is 5.98. The number of carbonyl (C=O) groups excluding carboxylic acids is 1. The van der Waals surface area contributed by atoms with E-state index in [1.165, 1.54) is 5.39 Å². The fourth-order valence-corrected chi connectivity index (χ4v) is 4.44. The Morgan fingerprint density at radius 3 is 2.06 bits per heavy atom. The molecule has 0 aliphatic heterocycles. The zero-order chi connectivity index (χ0) is 24.7. The molecule has 178 valence electrons. The molecule has 36 heavy (non-hydrogen) atoms. The molecule has 0 aromatic heterocycles. The molecule has 0 spiro atoms. The number of ether oxygens (including phenoxy) is 2. The molecule has 1 amide bonds. The highest BCUT2D eigenvalue weighted by Crippen LogP contribution is 2.33.